The second-order valence-corrected chi connectivity index (χ2v) is 6.58. The number of carbonyl (C=O) groups is 3. The van der Waals surface area contributed by atoms with E-state index in [0.717, 1.165) is 16.8 Å². The van der Waals surface area contributed by atoms with E-state index in [1.165, 1.54) is 12.1 Å². The standard InChI is InChI=1S/C20H21N3O4/c1-12-6-5-8-16(13(12)2)23-11-14(10-18(23)25)19(26)21-22-20(27)15-7-3-4-9-17(15)24/h3-9,14,24H,10-11H2,1-2H3,(H,21,26)(H,22,27)/t14-/m0/s1. The van der Waals surface area contributed by atoms with Crippen LogP contribution in [0.3, 0.4) is 0 Å². The van der Waals surface area contributed by atoms with E-state index in [1.54, 1.807) is 17.0 Å². The Morgan fingerprint density at radius 3 is 2.56 bits per heavy atom. The van der Waals surface area contributed by atoms with Crippen LogP contribution in [0.15, 0.2) is 42.5 Å². The van der Waals surface area contributed by atoms with E-state index in [0.29, 0.717) is 0 Å². The Morgan fingerprint density at radius 1 is 1.07 bits per heavy atom. The lowest BCUT2D eigenvalue weighted by Gasteiger charge is -2.20. The summed E-state index contributed by atoms with van der Waals surface area (Å²) in [5.74, 6) is -1.95. The number of amides is 3. The number of aryl methyl sites for hydroxylation is 1. The molecule has 2 aromatic carbocycles. The maximum Gasteiger partial charge on any atom is 0.273 e. The first kappa shape index (κ1) is 18.4. The fourth-order valence-electron chi connectivity index (χ4n) is 3.10. The van der Waals surface area contributed by atoms with Crippen molar-refractivity contribution in [3.8, 4) is 5.75 Å². The number of nitrogens with one attached hydrogen (secondary N) is 2. The molecule has 27 heavy (non-hydrogen) atoms. The van der Waals surface area contributed by atoms with E-state index in [9.17, 15) is 19.5 Å². The predicted octanol–water partition coefficient (Wildman–Crippen LogP) is 1.82. The molecule has 0 bridgehead atoms. The summed E-state index contributed by atoms with van der Waals surface area (Å²) in [6.45, 7) is 4.16. The number of aromatic hydroxyl groups is 1. The molecule has 0 saturated carbocycles. The molecule has 1 aliphatic rings. The molecule has 1 fully saturated rings. The molecule has 0 aromatic heterocycles. The zero-order valence-electron chi connectivity index (χ0n) is 15.2. The van der Waals surface area contributed by atoms with Crippen molar-refractivity contribution in [1.82, 2.24) is 10.9 Å². The summed E-state index contributed by atoms with van der Waals surface area (Å²) in [4.78, 5) is 38.4. The first-order chi connectivity index (χ1) is 12.9. The highest BCUT2D eigenvalue weighted by molar-refractivity contribution is 6.02. The van der Waals surface area contributed by atoms with E-state index < -0.39 is 17.7 Å². The number of benzene rings is 2. The quantitative estimate of drug-likeness (QED) is 0.721. The van der Waals surface area contributed by atoms with Crippen LogP contribution in [0.2, 0.25) is 0 Å². The molecule has 3 N–H and O–H groups in total. The van der Waals surface area contributed by atoms with Crippen molar-refractivity contribution >= 4 is 23.4 Å². The molecule has 3 amide bonds. The summed E-state index contributed by atoms with van der Waals surface area (Å²) >= 11 is 0. The third-order valence-electron chi connectivity index (χ3n) is 4.81. The van der Waals surface area contributed by atoms with Crippen LogP contribution in [-0.2, 0) is 9.59 Å². The van der Waals surface area contributed by atoms with Crippen LogP contribution in [0.4, 0.5) is 5.69 Å². The topological polar surface area (TPSA) is 98.7 Å². The largest absolute Gasteiger partial charge is 0.507 e. The first-order valence-corrected chi connectivity index (χ1v) is 8.63. The van der Waals surface area contributed by atoms with E-state index in [4.69, 9.17) is 0 Å². The Morgan fingerprint density at radius 2 is 1.81 bits per heavy atom. The molecule has 0 aliphatic carbocycles. The monoisotopic (exact) mass is 367 g/mol. The van der Waals surface area contributed by atoms with Gasteiger partial charge in [-0.05, 0) is 43.2 Å². The Balaban J connectivity index is 1.63. The normalized spacial score (nSPS) is 16.3. The van der Waals surface area contributed by atoms with E-state index >= 15 is 0 Å². The minimum atomic E-state index is -0.628. The van der Waals surface area contributed by atoms with Gasteiger partial charge in [0.2, 0.25) is 11.8 Å². The van der Waals surface area contributed by atoms with Crippen LogP contribution in [0.25, 0.3) is 0 Å². The number of anilines is 1. The molecule has 0 radical (unpaired) electrons. The molecule has 0 spiro atoms. The van der Waals surface area contributed by atoms with Gasteiger partial charge in [0, 0.05) is 18.7 Å². The van der Waals surface area contributed by atoms with E-state index in [1.807, 2.05) is 32.0 Å². The highest BCUT2D eigenvalue weighted by Crippen LogP contribution is 2.29. The number of hydrogen-bond donors (Lipinski definition) is 3. The molecule has 3 rings (SSSR count). The molecule has 7 nitrogen and oxygen atoms in total. The Labute approximate surface area is 157 Å². The number of hydrazine groups is 1. The average Bonchev–Trinajstić information content (AvgIpc) is 3.04. The van der Waals surface area contributed by atoms with Gasteiger partial charge < -0.3 is 10.0 Å². The third kappa shape index (κ3) is 3.76. The van der Waals surface area contributed by atoms with Crippen LogP contribution < -0.4 is 15.8 Å². The first-order valence-electron chi connectivity index (χ1n) is 8.63. The van der Waals surface area contributed by atoms with E-state index in [2.05, 4.69) is 10.9 Å². The van der Waals surface area contributed by atoms with Gasteiger partial charge >= 0.3 is 0 Å². The number of nitrogens with zero attached hydrogens (tertiary/aromatic N) is 1. The van der Waals surface area contributed by atoms with E-state index in [-0.39, 0.29) is 30.2 Å². The van der Waals surface area contributed by atoms with Gasteiger partial charge in [-0.2, -0.15) is 0 Å². The van der Waals surface area contributed by atoms with Crippen molar-refractivity contribution in [3.63, 3.8) is 0 Å². The van der Waals surface area contributed by atoms with Crippen LogP contribution in [0.5, 0.6) is 5.75 Å². The molecule has 2 aromatic rings. The number of hydrogen-bond acceptors (Lipinski definition) is 4. The fraction of sp³-hybridized carbons (Fsp3) is 0.250. The Hall–Kier alpha value is -3.35. The summed E-state index contributed by atoms with van der Waals surface area (Å²) in [5.41, 5.74) is 7.54. The molecule has 140 valence electrons. The summed E-state index contributed by atoms with van der Waals surface area (Å²) < 4.78 is 0. The van der Waals surface area contributed by atoms with Crippen molar-refractivity contribution in [3.05, 3.63) is 59.2 Å². The lowest BCUT2D eigenvalue weighted by Crippen LogP contribution is -2.45. The third-order valence-corrected chi connectivity index (χ3v) is 4.81. The highest BCUT2D eigenvalue weighted by Gasteiger charge is 2.36. The maximum absolute atomic E-state index is 12.4. The number of carbonyl (C=O) groups excluding carboxylic acids is 3. The lowest BCUT2D eigenvalue weighted by atomic mass is 10.1. The predicted molar refractivity (Wildman–Crippen MR) is 100 cm³/mol. The maximum atomic E-state index is 12.4. The minimum absolute atomic E-state index is 0.0531. The molecule has 0 unspecified atom stereocenters. The summed E-state index contributed by atoms with van der Waals surface area (Å²) in [6.07, 6.45) is 0.0751. The average molecular weight is 367 g/mol. The zero-order valence-corrected chi connectivity index (χ0v) is 15.2. The van der Waals surface area contributed by atoms with Gasteiger partial charge in [-0.3, -0.25) is 25.2 Å². The summed E-state index contributed by atoms with van der Waals surface area (Å²) in [5, 5.41) is 9.68. The Bertz CT molecular complexity index is 910. The molecule has 7 heteroatoms. The molecule has 1 aliphatic heterocycles. The minimum Gasteiger partial charge on any atom is -0.507 e. The molecular formula is C20H21N3O4. The zero-order chi connectivity index (χ0) is 19.6. The summed E-state index contributed by atoms with van der Waals surface area (Å²) in [7, 11) is 0. The Kier molecular flexibility index (Phi) is 5.12. The lowest BCUT2D eigenvalue weighted by molar-refractivity contribution is -0.126. The van der Waals surface area contributed by atoms with Crippen molar-refractivity contribution in [2.75, 3.05) is 11.4 Å². The number of rotatable bonds is 3. The SMILES string of the molecule is Cc1cccc(N2C[C@@H](C(=O)NNC(=O)c3ccccc3O)CC2=O)c1C. The van der Waals surface area contributed by atoms with Crippen LogP contribution >= 0.6 is 0 Å². The van der Waals surface area contributed by atoms with Gasteiger partial charge in [0.1, 0.15) is 5.75 Å². The second kappa shape index (κ2) is 7.49. The molecule has 1 saturated heterocycles. The smallest absolute Gasteiger partial charge is 0.273 e. The molecule has 1 heterocycles. The highest BCUT2D eigenvalue weighted by atomic mass is 16.3. The summed E-state index contributed by atoms with van der Waals surface area (Å²) in [6, 6.07) is 11.7. The van der Waals surface area contributed by atoms with Gasteiger partial charge in [-0.15, -0.1) is 0 Å². The van der Waals surface area contributed by atoms with Gasteiger partial charge in [0.05, 0.1) is 11.5 Å². The van der Waals surface area contributed by atoms with Crippen molar-refractivity contribution in [2.24, 2.45) is 5.92 Å². The fourth-order valence-corrected chi connectivity index (χ4v) is 3.10. The molecule has 1 atom stereocenters. The van der Waals surface area contributed by atoms with Gasteiger partial charge in [-0.25, -0.2) is 0 Å². The van der Waals surface area contributed by atoms with Crippen molar-refractivity contribution < 1.29 is 19.5 Å². The molecular weight excluding hydrogens is 346 g/mol. The number of phenols is 1. The number of phenolic OH excluding ortho intramolecular Hbond substituents is 1. The number of para-hydroxylation sites is 1. The second-order valence-electron chi connectivity index (χ2n) is 6.58. The van der Waals surface area contributed by atoms with Gasteiger partial charge in [-0.1, -0.05) is 24.3 Å². The van der Waals surface area contributed by atoms with Gasteiger partial charge in [0.15, 0.2) is 0 Å². The van der Waals surface area contributed by atoms with Gasteiger partial charge in [0.25, 0.3) is 5.91 Å². The van der Waals surface area contributed by atoms with Crippen LogP contribution in [0.1, 0.15) is 27.9 Å². The van der Waals surface area contributed by atoms with Crippen molar-refractivity contribution in [2.45, 2.75) is 20.3 Å². The van der Waals surface area contributed by atoms with Crippen LogP contribution in [0, 0.1) is 19.8 Å². The van der Waals surface area contributed by atoms with Crippen LogP contribution in [-0.4, -0.2) is 29.4 Å². The van der Waals surface area contributed by atoms with Crippen molar-refractivity contribution in [1.29, 1.82) is 0 Å².